The van der Waals surface area contributed by atoms with Crippen molar-refractivity contribution in [3.05, 3.63) is 89.2 Å². The fourth-order valence-electron chi connectivity index (χ4n) is 3.80. The number of rotatable bonds is 4. The van der Waals surface area contributed by atoms with Gasteiger partial charge in [-0.2, -0.15) is 5.10 Å². The maximum absolute atomic E-state index is 6.12. The SMILES string of the molecule is CCc1nn2c(c1-c1ccc(Cl)cc1)N=C(c1ccco1)CC2c1ccccn1. The van der Waals surface area contributed by atoms with Gasteiger partial charge >= 0.3 is 0 Å². The van der Waals surface area contributed by atoms with Gasteiger partial charge in [0, 0.05) is 23.2 Å². The minimum absolute atomic E-state index is 0.0462. The summed E-state index contributed by atoms with van der Waals surface area (Å²) in [6.45, 7) is 2.11. The van der Waals surface area contributed by atoms with E-state index in [-0.39, 0.29) is 6.04 Å². The monoisotopic (exact) mass is 402 g/mol. The number of fused-ring (bicyclic) bond motifs is 1. The third-order valence-corrected chi connectivity index (χ3v) is 5.43. The van der Waals surface area contributed by atoms with Gasteiger partial charge in [0.25, 0.3) is 0 Å². The van der Waals surface area contributed by atoms with Gasteiger partial charge in [-0.3, -0.25) is 4.98 Å². The van der Waals surface area contributed by atoms with Crippen LogP contribution in [0.5, 0.6) is 0 Å². The highest BCUT2D eigenvalue weighted by Gasteiger charge is 2.31. The third-order valence-electron chi connectivity index (χ3n) is 5.18. The number of benzene rings is 1. The highest BCUT2D eigenvalue weighted by molar-refractivity contribution is 6.30. The molecule has 1 aliphatic heterocycles. The Bertz CT molecular complexity index is 1160. The van der Waals surface area contributed by atoms with Crippen molar-refractivity contribution in [3.63, 3.8) is 0 Å². The molecular formula is C23H19ClN4O. The first-order valence-corrected chi connectivity index (χ1v) is 10.0. The Morgan fingerprint density at radius 3 is 2.66 bits per heavy atom. The predicted molar refractivity (Wildman–Crippen MR) is 114 cm³/mol. The number of hydrogen-bond acceptors (Lipinski definition) is 4. The topological polar surface area (TPSA) is 56.2 Å². The normalized spacial score (nSPS) is 15.8. The number of halogens is 1. The summed E-state index contributed by atoms with van der Waals surface area (Å²) in [6, 6.07) is 17.6. The number of pyridine rings is 1. The van der Waals surface area contributed by atoms with Gasteiger partial charge in [-0.1, -0.05) is 36.7 Å². The summed E-state index contributed by atoms with van der Waals surface area (Å²) in [5, 5.41) is 5.65. The van der Waals surface area contributed by atoms with E-state index in [1.165, 1.54) is 0 Å². The Kier molecular flexibility index (Phi) is 4.52. The van der Waals surface area contributed by atoms with Gasteiger partial charge in [0.2, 0.25) is 0 Å². The zero-order valence-corrected chi connectivity index (χ0v) is 16.7. The summed E-state index contributed by atoms with van der Waals surface area (Å²) < 4.78 is 7.68. The van der Waals surface area contributed by atoms with Crippen molar-refractivity contribution in [2.24, 2.45) is 4.99 Å². The van der Waals surface area contributed by atoms with E-state index in [0.717, 1.165) is 46.2 Å². The third kappa shape index (κ3) is 3.17. The zero-order chi connectivity index (χ0) is 19.8. The molecule has 0 saturated heterocycles. The van der Waals surface area contributed by atoms with Crippen molar-refractivity contribution >= 4 is 23.1 Å². The highest BCUT2D eigenvalue weighted by atomic mass is 35.5. The number of aromatic nitrogens is 3. The van der Waals surface area contributed by atoms with Crippen molar-refractivity contribution in [2.45, 2.75) is 25.8 Å². The van der Waals surface area contributed by atoms with E-state index >= 15 is 0 Å². The molecule has 0 N–H and O–H groups in total. The van der Waals surface area contributed by atoms with Gasteiger partial charge < -0.3 is 4.42 Å². The van der Waals surface area contributed by atoms with Gasteiger partial charge in [0.15, 0.2) is 5.82 Å². The predicted octanol–water partition coefficient (Wildman–Crippen LogP) is 5.87. The van der Waals surface area contributed by atoms with Crippen LogP contribution in [0.4, 0.5) is 5.82 Å². The molecule has 1 unspecified atom stereocenters. The molecule has 0 radical (unpaired) electrons. The smallest absolute Gasteiger partial charge is 0.159 e. The fraction of sp³-hybridized carbons (Fsp3) is 0.174. The Morgan fingerprint density at radius 1 is 1.10 bits per heavy atom. The van der Waals surface area contributed by atoms with E-state index in [0.29, 0.717) is 11.4 Å². The number of nitrogens with zero attached hydrogens (tertiary/aromatic N) is 4. The van der Waals surface area contributed by atoms with Crippen LogP contribution in [0.3, 0.4) is 0 Å². The van der Waals surface area contributed by atoms with Crippen molar-refractivity contribution in [1.29, 1.82) is 0 Å². The van der Waals surface area contributed by atoms with Crippen LogP contribution in [0.2, 0.25) is 5.02 Å². The number of aryl methyl sites for hydroxylation is 1. The Morgan fingerprint density at radius 2 is 1.97 bits per heavy atom. The van der Waals surface area contributed by atoms with Crippen molar-refractivity contribution in [3.8, 4) is 11.1 Å². The van der Waals surface area contributed by atoms with Crippen LogP contribution in [0.1, 0.15) is 36.5 Å². The van der Waals surface area contributed by atoms with E-state index < -0.39 is 0 Å². The number of aliphatic imine (C=N–C) groups is 1. The largest absolute Gasteiger partial charge is 0.463 e. The second-order valence-electron chi connectivity index (χ2n) is 6.96. The lowest BCUT2D eigenvalue weighted by atomic mass is 10.00. The molecule has 0 saturated carbocycles. The molecule has 3 aromatic heterocycles. The Labute approximate surface area is 173 Å². The van der Waals surface area contributed by atoms with Crippen LogP contribution >= 0.6 is 11.6 Å². The second-order valence-corrected chi connectivity index (χ2v) is 7.40. The quantitative estimate of drug-likeness (QED) is 0.429. The summed E-state index contributed by atoms with van der Waals surface area (Å²) in [6.07, 6.45) is 4.97. The molecule has 5 rings (SSSR count). The maximum Gasteiger partial charge on any atom is 0.159 e. The molecule has 1 aromatic carbocycles. The van der Waals surface area contributed by atoms with Gasteiger partial charge in [-0.05, 0) is 48.4 Å². The molecule has 1 aliphatic rings. The van der Waals surface area contributed by atoms with Crippen LogP contribution in [0.15, 0.2) is 76.5 Å². The molecule has 0 fully saturated rings. The molecule has 144 valence electrons. The summed E-state index contributed by atoms with van der Waals surface area (Å²) >= 11 is 6.12. The van der Waals surface area contributed by atoms with Crippen molar-refractivity contribution in [1.82, 2.24) is 14.8 Å². The molecule has 0 spiro atoms. The van der Waals surface area contributed by atoms with E-state index in [1.54, 1.807) is 6.26 Å². The first-order chi connectivity index (χ1) is 14.2. The second kappa shape index (κ2) is 7.33. The molecule has 1 atom stereocenters. The average molecular weight is 403 g/mol. The van der Waals surface area contributed by atoms with Gasteiger partial charge in [0.1, 0.15) is 11.8 Å². The lowest BCUT2D eigenvalue weighted by molar-refractivity contribution is 0.503. The molecule has 4 heterocycles. The van der Waals surface area contributed by atoms with Crippen LogP contribution in [-0.2, 0) is 6.42 Å². The van der Waals surface area contributed by atoms with Crippen LogP contribution in [-0.4, -0.2) is 20.5 Å². The van der Waals surface area contributed by atoms with Gasteiger partial charge in [0.05, 0.1) is 23.4 Å². The first kappa shape index (κ1) is 17.9. The molecular weight excluding hydrogens is 384 g/mol. The van der Waals surface area contributed by atoms with E-state index in [2.05, 4.69) is 11.9 Å². The number of furan rings is 1. The average Bonchev–Trinajstić information content (AvgIpc) is 3.42. The summed E-state index contributed by atoms with van der Waals surface area (Å²) in [5.41, 5.74) is 4.95. The molecule has 29 heavy (non-hydrogen) atoms. The molecule has 0 bridgehead atoms. The minimum Gasteiger partial charge on any atom is -0.463 e. The molecule has 0 amide bonds. The molecule has 4 aromatic rings. The lowest BCUT2D eigenvalue weighted by Crippen LogP contribution is -2.21. The summed E-state index contributed by atoms with van der Waals surface area (Å²) in [7, 11) is 0. The fourth-order valence-corrected chi connectivity index (χ4v) is 3.93. The Balaban J connectivity index is 1.74. The van der Waals surface area contributed by atoms with Crippen molar-refractivity contribution < 1.29 is 4.42 Å². The van der Waals surface area contributed by atoms with E-state index in [4.69, 9.17) is 26.1 Å². The first-order valence-electron chi connectivity index (χ1n) is 9.64. The van der Waals surface area contributed by atoms with Crippen LogP contribution < -0.4 is 0 Å². The minimum atomic E-state index is -0.0462. The van der Waals surface area contributed by atoms with Crippen LogP contribution in [0, 0.1) is 0 Å². The van der Waals surface area contributed by atoms with Crippen molar-refractivity contribution in [2.75, 3.05) is 0 Å². The van der Waals surface area contributed by atoms with E-state index in [1.807, 2.05) is 65.5 Å². The highest BCUT2D eigenvalue weighted by Crippen LogP contribution is 2.42. The molecule has 6 heteroatoms. The standard InChI is InChI=1S/C23H19ClN4O/c1-2-17-22(15-8-10-16(24)11-9-15)23-26-19(21-7-5-13-29-21)14-20(28(23)27-17)18-6-3-4-12-25-18/h3-13,20H,2,14H2,1H3. The zero-order valence-electron chi connectivity index (χ0n) is 15.9. The lowest BCUT2D eigenvalue weighted by Gasteiger charge is -2.23. The van der Waals surface area contributed by atoms with Gasteiger partial charge in [-0.15, -0.1) is 0 Å². The summed E-state index contributed by atoms with van der Waals surface area (Å²) in [4.78, 5) is 9.60. The van der Waals surface area contributed by atoms with Gasteiger partial charge in [-0.25, -0.2) is 9.67 Å². The van der Waals surface area contributed by atoms with Crippen LogP contribution in [0.25, 0.3) is 11.1 Å². The Hall–Kier alpha value is -3.18. The molecule has 5 nitrogen and oxygen atoms in total. The maximum atomic E-state index is 6.12. The number of hydrogen-bond donors (Lipinski definition) is 0. The molecule has 0 aliphatic carbocycles. The summed E-state index contributed by atoms with van der Waals surface area (Å²) in [5.74, 6) is 1.61. The van der Waals surface area contributed by atoms with E-state index in [9.17, 15) is 0 Å².